The summed E-state index contributed by atoms with van der Waals surface area (Å²) in [7, 11) is 0. The van der Waals surface area contributed by atoms with E-state index in [1.165, 1.54) is 27.8 Å². The van der Waals surface area contributed by atoms with Crippen LogP contribution in [-0.2, 0) is 6.42 Å². The van der Waals surface area contributed by atoms with Crippen molar-refractivity contribution >= 4 is 5.78 Å². The molecule has 0 amide bonds. The van der Waals surface area contributed by atoms with Crippen molar-refractivity contribution in [3.8, 4) is 11.1 Å². The molecule has 0 atom stereocenters. The summed E-state index contributed by atoms with van der Waals surface area (Å²) < 4.78 is 0. The van der Waals surface area contributed by atoms with Gasteiger partial charge in [0.25, 0.3) is 0 Å². The van der Waals surface area contributed by atoms with Crippen LogP contribution < -0.4 is 0 Å². The zero-order valence-electron chi connectivity index (χ0n) is 13.5. The van der Waals surface area contributed by atoms with E-state index in [4.69, 9.17) is 0 Å². The van der Waals surface area contributed by atoms with Crippen LogP contribution in [0, 0.1) is 6.92 Å². The Labute approximate surface area is 137 Å². The predicted molar refractivity (Wildman–Crippen MR) is 95.9 cm³/mol. The topological polar surface area (TPSA) is 17.1 Å². The molecule has 1 heteroatoms. The number of benzene rings is 3. The summed E-state index contributed by atoms with van der Waals surface area (Å²) in [5, 5.41) is 0. The van der Waals surface area contributed by atoms with Gasteiger partial charge < -0.3 is 0 Å². The fourth-order valence-corrected chi connectivity index (χ4v) is 2.77. The molecule has 0 heterocycles. The van der Waals surface area contributed by atoms with Crippen LogP contribution in [0.2, 0.25) is 0 Å². The molecule has 0 aliphatic carbocycles. The van der Waals surface area contributed by atoms with Crippen LogP contribution in [0.25, 0.3) is 11.1 Å². The minimum absolute atomic E-state index is 0.108. The van der Waals surface area contributed by atoms with Gasteiger partial charge in [0.2, 0.25) is 0 Å². The minimum Gasteiger partial charge on any atom is -0.295 e. The number of Topliss-reactive ketones (excluding diaryl/α,β-unsaturated/α-hetero) is 1. The number of ketones is 1. The van der Waals surface area contributed by atoms with Crippen LogP contribution in [-0.4, -0.2) is 5.78 Å². The molecule has 0 unspecified atom stereocenters. The molecule has 0 fully saturated rings. The Bertz CT molecular complexity index is 811. The lowest BCUT2D eigenvalue weighted by atomic mass is 9.94. The van der Waals surface area contributed by atoms with Gasteiger partial charge in [-0.3, -0.25) is 4.79 Å². The third-order valence-corrected chi connectivity index (χ3v) is 4.13. The van der Waals surface area contributed by atoms with Gasteiger partial charge in [-0.2, -0.15) is 0 Å². The van der Waals surface area contributed by atoms with Crippen molar-refractivity contribution in [3.63, 3.8) is 0 Å². The standard InChI is InChI=1S/C22H20O/c1-16-7-11-20(12-8-16)22-6-4-3-5-21(22)15-18-9-13-19(14-10-18)17(2)23/h3-14H,15H2,1-2H3. The highest BCUT2D eigenvalue weighted by molar-refractivity contribution is 5.94. The molecule has 114 valence electrons. The Kier molecular flexibility index (Phi) is 4.38. The molecule has 3 aromatic carbocycles. The Hall–Kier alpha value is -2.67. The van der Waals surface area contributed by atoms with Crippen molar-refractivity contribution in [1.82, 2.24) is 0 Å². The number of carbonyl (C=O) groups is 1. The normalized spacial score (nSPS) is 10.5. The molecule has 0 bridgehead atoms. The van der Waals surface area contributed by atoms with E-state index in [1.54, 1.807) is 6.92 Å². The van der Waals surface area contributed by atoms with E-state index in [1.807, 2.05) is 24.3 Å². The Morgan fingerprint density at radius 2 is 1.48 bits per heavy atom. The first-order valence-corrected chi connectivity index (χ1v) is 7.88. The van der Waals surface area contributed by atoms with Crippen molar-refractivity contribution in [3.05, 3.63) is 95.1 Å². The van der Waals surface area contributed by atoms with Gasteiger partial charge in [-0.05, 0) is 42.5 Å². The van der Waals surface area contributed by atoms with Crippen molar-refractivity contribution in [1.29, 1.82) is 0 Å². The molecule has 23 heavy (non-hydrogen) atoms. The summed E-state index contributed by atoms with van der Waals surface area (Å²) >= 11 is 0. The van der Waals surface area contributed by atoms with Gasteiger partial charge in [0.15, 0.2) is 5.78 Å². The number of aryl methyl sites for hydroxylation is 1. The van der Waals surface area contributed by atoms with E-state index in [0.717, 1.165) is 12.0 Å². The highest BCUT2D eigenvalue weighted by Gasteiger charge is 2.06. The molecule has 3 rings (SSSR count). The fraction of sp³-hybridized carbons (Fsp3) is 0.136. The van der Waals surface area contributed by atoms with E-state index >= 15 is 0 Å². The first-order chi connectivity index (χ1) is 11.1. The second-order valence-corrected chi connectivity index (χ2v) is 5.95. The van der Waals surface area contributed by atoms with Crippen molar-refractivity contribution < 1.29 is 4.79 Å². The minimum atomic E-state index is 0.108. The molecule has 0 radical (unpaired) electrons. The quantitative estimate of drug-likeness (QED) is 0.585. The maximum Gasteiger partial charge on any atom is 0.159 e. The van der Waals surface area contributed by atoms with Crippen LogP contribution in [0.5, 0.6) is 0 Å². The van der Waals surface area contributed by atoms with Crippen molar-refractivity contribution in [2.24, 2.45) is 0 Å². The van der Waals surface area contributed by atoms with E-state index in [2.05, 4.69) is 55.5 Å². The molecule has 0 aliphatic rings. The largest absolute Gasteiger partial charge is 0.295 e. The van der Waals surface area contributed by atoms with Gasteiger partial charge >= 0.3 is 0 Å². The maximum atomic E-state index is 11.4. The van der Waals surface area contributed by atoms with Gasteiger partial charge in [0, 0.05) is 5.56 Å². The molecule has 0 N–H and O–H groups in total. The summed E-state index contributed by atoms with van der Waals surface area (Å²) in [4.78, 5) is 11.4. The van der Waals surface area contributed by atoms with Gasteiger partial charge in [0.1, 0.15) is 0 Å². The Morgan fingerprint density at radius 3 is 2.13 bits per heavy atom. The van der Waals surface area contributed by atoms with E-state index in [0.29, 0.717) is 0 Å². The van der Waals surface area contributed by atoms with Crippen molar-refractivity contribution in [2.75, 3.05) is 0 Å². The molecule has 1 nitrogen and oxygen atoms in total. The Morgan fingerprint density at radius 1 is 0.826 bits per heavy atom. The number of hydrogen-bond donors (Lipinski definition) is 0. The average molecular weight is 300 g/mol. The van der Waals surface area contributed by atoms with Crippen LogP contribution >= 0.6 is 0 Å². The third-order valence-electron chi connectivity index (χ3n) is 4.13. The zero-order chi connectivity index (χ0) is 16.2. The highest BCUT2D eigenvalue weighted by Crippen LogP contribution is 2.26. The van der Waals surface area contributed by atoms with Crippen LogP contribution in [0.15, 0.2) is 72.8 Å². The Balaban J connectivity index is 1.91. The lowest BCUT2D eigenvalue weighted by Crippen LogP contribution is -1.95. The summed E-state index contributed by atoms with van der Waals surface area (Å²) in [6.07, 6.45) is 0.863. The summed E-state index contributed by atoms with van der Waals surface area (Å²) in [6, 6.07) is 25.1. The number of rotatable bonds is 4. The third kappa shape index (κ3) is 3.57. The summed E-state index contributed by atoms with van der Waals surface area (Å²) in [6.45, 7) is 3.70. The van der Waals surface area contributed by atoms with E-state index in [9.17, 15) is 4.79 Å². The molecule has 0 saturated heterocycles. The highest BCUT2D eigenvalue weighted by atomic mass is 16.1. The smallest absolute Gasteiger partial charge is 0.159 e. The number of carbonyl (C=O) groups excluding carboxylic acids is 1. The molecule has 3 aromatic rings. The van der Waals surface area contributed by atoms with Gasteiger partial charge in [-0.15, -0.1) is 0 Å². The molecular formula is C22H20O. The SMILES string of the molecule is CC(=O)c1ccc(Cc2ccccc2-c2ccc(C)cc2)cc1. The van der Waals surface area contributed by atoms with Gasteiger partial charge in [-0.1, -0.05) is 78.4 Å². The van der Waals surface area contributed by atoms with E-state index in [-0.39, 0.29) is 5.78 Å². The fourth-order valence-electron chi connectivity index (χ4n) is 2.77. The molecule has 0 aromatic heterocycles. The predicted octanol–water partition coefficient (Wildman–Crippen LogP) is 5.46. The molecule has 0 spiro atoms. The molecule has 0 saturated carbocycles. The second-order valence-electron chi connectivity index (χ2n) is 5.95. The van der Waals surface area contributed by atoms with Crippen molar-refractivity contribution in [2.45, 2.75) is 20.3 Å². The lowest BCUT2D eigenvalue weighted by Gasteiger charge is -2.10. The summed E-state index contributed by atoms with van der Waals surface area (Å²) in [5.41, 5.74) is 7.06. The molecular weight excluding hydrogens is 280 g/mol. The van der Waals surface area contributed by atoms with Gasteiger partial charge in [0.05, 0.1) is 0 Å². The van der Waals surface area contributed by atoms with Gasteiger partial charge in [-0.25, -0.2) is 0 Å². The molecule has 0 aliphatic heterocycles. The zero-order valence-corrected chi connectivity index (χ0v) is 13.5. The monoisotopic (exact) mass is 300 g/mol. The van der Waals surface area contributed by atoms with Crippen LogP contribution in [0.3, 0.4) is 0 Å². The first kappa shape index (κ1) is 15.2. The second kappa shape index (κ2) is 6.62. The number of hydrogen-bond acceptors (Lipinski definition) is 1. The average Bonchev–Trinajstić information content (AvgIpc) is 2.57. The van der Waals surface area contributed by atoms with Crippen LogP contribution in [0.4, 0.5) is 0 Å². The maximum absolute atomic E-state index is 11.4. The summed E-state index contributed by atoms with van der Waals surface area (Å²) in [5.74, 6) is 0.108. The van der Waals surface area contributed by atoms with E-state index < -0.39 is 0 Å². The lowest BCUT2D eigenvalue weighted by molar-refractivity contribution is 0.101. The first-order valence-electron chi connectivity index (χ1n) is 7.88. The van der Waals surface area contributed by atoms with Crippen LogP contribution in [0.1, 0.15) is 34.0 Å².